The minimum absolute atomic E-state index is 0.198. The molecule has 0 radical (unpaired) electrons. The maximum absolute atomic E-state index is 12.3. The van der Waals surface area contributed by atoms with Gasteiger partial charge >= 0.3 is 6.03 Å². The molecule has 3 saturated carbocycles. The molecule has 0 atom stereocenters. The van der Waals surface area contributed by atoms with Gasteiger partial charge in [0.15, 0.2) is 0 Å². The van der Waals surface area contributed by atoms with Crippen molar-refractivity contribution in [3.63, 3.8) is 0 Å². The summed E-state index contributed by atoms with van der Waals surface area (Å²) in [5.74, 6) is 0.0686. The molecule has 4 amide bonds. The Bertz CT molecular complexity index is 473. The van der Waals surface area contributed by atoms with E-state index < -0.39 is 11.4 Å². The zero-order chi connectivity index (χ0) is 12.5. The minimum Gasteiger partial charge on any atom is -0.277 e. The molecule has 1 N–H and O–H groups in total. The molecule has 5 heteroatoms. The second-order valence-corrected chi connectivity index (χ2v) is 6.37. The largest absolute Gasteiger partial charge is 0.330 e. The zero-order valence-electron chi connectivity index (χ0n) is 10.2. The summed E-state index contributed by atoms with van der Waals surface area (Å²) in [5.41, 5.74) is -0.684. The van der Waals surface area contributed by atoms with Gasteiger partial charge in [0.2, 0.25) is 11.8 Å². The quantitative estimate of drug-likeness (QED) is 0.759. The number of hydrogen-bond acceptors (Lipinski definition) is 3. The average Bonchev–Trinajstić information content (AvgIpc) is 3.21. The Kier molecular flexibility index (Phi) is 1.72. The van der Waals surface area contributed by atoms with Gasteiger partial charge in [-0.05, 0) is 49.9 Å². The summed E-state index contributed by atoms with van der Waals surface area (Å²) in [4.78, 5) is 37.2. The van der Waals surface area contributed by atoms with Crippen LogP contribution in [0.4, 0.5) is 4.79 Å². The molecule has 4 fully saturated rings. The highest BCUT2D eigenvalue weighted by Crippen LogP contribution is 2.62. The van der Waals surface area contributed by atoms with Crippen LogP contribution in [-0.2, 0) is 9.59 Å². The molecular weight excluding hydrogens is 232 g/mol. The fraction of sp³-hybridized carbons (Fsp3) is 0.769. The Hall–Kier alpha value is -1.39. The fourth-order valence-corrected chi connectivity index (χ4v) is 3.31. The molecule has 1 spiro atoms. The zero-order valence-corrected chi connectivity index (χ0v) is 10.2. The SMILES string of the molecule is O=C1NC(=O)C2(CC2)C(=O)N1CC1(C2CC2)CC1. The smallest absolute Gasteiger partial charge is 0.277 e. The number of hydrogen-bond donors (Lipinski definition) is 1. The van der Waals surface area contributed by atoms with E-state index in [9.17, 15) is 14.4 Å². The molecule has 3 aliphatic carbocycles. The monoisotopic (exact) mass is 248 g/mol. The standard InChI is InChI=1S/C13H16N2O3/c16-9-13(5-6-13)10(17)15(11(18)14-9)7-12(3-4-12)8-1-2-8/h8H,1-7H2,(H,14,16,18). The van der Waals surface area contributed by atoms with Gasteiger partial charge in [-0.25, -0.2) is 4.79 Å². The molecule has 0 aromatic rings. The van der Waals surface area contributed by atoms with Gasteiger partial charge in [-0.2, -0.15) is 0 Å². The van der Waals surface area contributed by atoms with E-state index in [-0.39, 0.29) is 17.2 Å². The molecule has 96 valence electrons. The van der Waals surface area contributed by atoms with Crippen molar-refractivity contribution in [3.8, 4) is 0 Å². The summed E-state index contributed by atoms with van der Waals surface area (Å²) in [7, 11) is 0. The molecule has 18 heavy (non-hydrogen) atoms. The minimum atomic E-state index is -0.881. The van der Waals surface area contributed by atoms with E-state index in [0.717, 1.165) is 12.8 Å². The molecule has 4 rings (SSSR count). The first-order chi connectivity index (χ1) is 8.57. The van der Waals surface area contributed by atoms with E-state index in [1.165, 1.54) is 17.7 Å². The van der Waals surface area contributed by atoms with Crippen LogP contribution in [0.5, 0.6) is 0 Å². The van der Waals surface area contributed by atoms with Crippen LogP contribution in [-0.4, -0.2) is 29.3 Å². The molecule has 0 aromatic carbocycles. The van der Waals surface area contributed by atoms with Crippen molar-refractivity contribution in [3.05, 3.63) is 0 Å². The lowest BCUT2D eigenvalue weighted by molar-refractivity contribution is -0.145. The van der Waals surface area contributed by atoms with Crippen LogP contribution in [0.1, 0.15) is 38.5 Å². The third-order valence-corrected chi connectivity index (χ3v) is 5.11. The van der Waals surface area contributed by atoms with Crippen LogP contribution in [0.25, 0.3) is 0 Å². The second-order valence-electron chi connectivity index (χ2n) is 6.37. The summed E-state index contributed by atoms with van der Waals surface area (Å²) in [5, 5.41) is 2.35. The van der Waals surface area contributed by atoms with Gasteiger partial charge < -0.3 is 0 Å². The Morgan fingerprint density at radius 1 is 1.11 bits per heavy atom. The Balaban J connectivity index is 1.58. The third-order valence-electron chi connectivity index (χ3n) is 5.11. The first kappa shape index (κ1) is 10.5. The number of carbonyl (C=O) groups is 3. The summed E-state index contributed by atoms with van der Waals surface area (Å²) in [6.07, 6.45) is 5.89. The van der Waals surface area contributed by atoms with E-state index >= 15 is 0 Å². The maximum atomic E-state index is 12.3. The van der Waals surface area contributed by atoms with Crippen LogP contribution in [0.3, 0.4) is 0 Å². The van der Waals surface area contributed by atoms with Gasteiger partial charge in [-0.15, -0.1) is 0 Å². The lowest BCUT2D eigenvalue weighted by Gasteiger charge is -2.33. The highest BCUT2D eigenvalue weighted by molar-refractivity contribution is 6.20. The Morgan fingerprint density at radius 3 is 2.28 bits per heavy atom. The van der Waals surface area contributed by atoms with Gasteiger partial charge in [-0.1, -0.05) is 0 Å². The second kappa shape index (κ2) is 2.95. The normalized spacial score (nSPS) is 31.6. The number of amides is 4. The van der Waals surface area contributed by atoms with Gasteiger partial charge in [0.1, 0.15) is 5.41 Å². The first-order valence-corrected chi connectivity index (χ1v) is 6.75. The van der Waals surface area contributed by atoms with Crippen molar-refractivity contribution in [2.45, 2.75) is 38.5 Å². The van der Waals surface area contributed by atoms with Crippen molar-refractivity contribution < 1.29 is 14.4 Å². The first-order valence-electron chi connectivity index (χ1n) is 6.75. The van der Waals surface area contributed by atoms with Crippen LogP contribution < -0.4 is 5.32 Å². The van der Waals surface area contributed by atoms with Gasteiger partial charge in [0.05, 0.1) is 0 Å². The summed E-state index contributed by atoms with van der Waals surface area (Å²) >= 11 is 0. The molecule has 4 aliphatic rings. The summed E-state index contributed by atoms with van der Waals surface area (Å²) in [6.45, 7) is 0.525. The molecule has 1 heterocycles. The van der Waals surface area contributed by atoms with Crippen molar-refractivity contribution in [2.75, 3.05) is 6.54 Å². The Morgan fingerprint density at radius 2 is 1.78 bits per heavy atom. The lowest BCUT2D eigenvalue weighted by atomic mass is 9.96. The topological polar surface area (TPSA) is 66.5 Å². The number of nitrogens with zero attached hydrogens (tertiary/aromatic N) is 1. The van der Waals surface area contributed by atoms with Gasteiger partial charge in [-0.3, -0.25) is 19.8 Å². The number of urea groups is 1. The Labute approximate surface area is 105 Å². The van der Waals surface area contributed by atoms with E-state index in [1.807, 2.05) is 0 Å². The number of nitrogens with one attached hydrogen (secondary N) is 1. The van der Waals surface area contributed by atoms with Crippen molar-refractivity contribution in [1.29, 1.82) is 0 Å². The predicted molar refractivity (Wildman–Crippen MR) is 61.3 cm³/mol. The predicted octanol–water partition coefficient (Wildman–Crippen LogP) is 1.04. The van der Waals surface area contributed by atoms with Crippen molar-refractivity contribution >= 4 is 17.8 Å². The maximum Gasteiger partial charge on any atom is 0.330 e. The van der Waals surface area contributed by atoms with Gasteiger partial charge in [0.25, 0.3) is 0 Å². The number of carbonyl (C=O) groups excluding carboxylic acids is 3. The molecule has 0 unspecified atom stereocenters. The molecule has 5 nitrogen and oxygen atoms in total. The highest BCUT2D eigenvalue weighted by Gasteiger charge is 2.64. The summed E-state index contributed by atoms with van der Waals surface area (Å²) in [6, 6.07) is -0.505. The molecule has 1 saturated heterocycles. The van der Waals surface area contributed by atoms with Crippen molar-refractivity contribution in [2.24, 2.45) is 16.7 Å². The highest BCUT2D eigenvalue weighted by atomic mass is 16.2. The fourth-order valence-electron chi connectivity index (χ4n) is 3.31. The molecule has 0 aromatic heterocycles. The van der Waals surface area contributed by atoms with Crippen LogP contribution in [0, 0.1) is 16.7 Å². The van der Waals surface area contributed by atoms with Crippen LogP contribution >= 0.6 is 0 Å². The third kappa shape index (κ3) is 1.25. The number of imide groups is 2. The van der Waals surface area contributed by atoms with Crippen LogP contribution in [0.15, 0.2) is 0 Å². The van der Waals surface area contributed by atoms with E-state index in [4.69, 9.17) is 0 Å². The number of barbiturate groups is 1. The molecule has 0 bridgehead atoms. The lowest BCUT2D eigenvalue weighted by Crippen LogP contribution is -2.60. The molecular formula is C13H16N2O3. The van der Waals surface area contributed by atoms with E-state index in [1.54, 1.807) is 0 Å². The van der Waals surface area contributed by atoms with Crippen molar-refractivity contribution in [1.82, 2.24) is 10.2 Å². The van der Waals surface area contributed by atoms with Crippen LogP contribution in [0.2, 0.25) is 0 Å². The van der Waals surface area contributed by atoms with E-state index in [2.05, 4.69) is 5.32 Å². The van der Waals surface area contributed by atoms with Gasteiger partial charge in [0, 0.05) is 6.54 Å². The average molecular weight is 248 g/mol. The number of rotatable bonds is 3. The van der Waals surface area contributed by atoms with E-state index in [0.29, 0.717) is 25.3 Å². The molecule has 1 aliphatic heterocycles. The summed E-state index contributed by atoms with van der Waals surface area (Å²) < 4.78 is 0.